The minimum Gasteiger partial charge on any atom is -0.392 e. The first-order valence-corrected chi connectivity index (χ1v) is 8.99. The molecule has 0 saturated carbocycles. The van der Waals surface area contributed by atoms with Crippen LogP contribution in [0.25, 0.3) is 0 Å². The number of benzene rings is 1. The van der Waals surface area contributed by atoms with E-state index < -0.39 is 0 Å². The van der Waals surface area contributed by atoms with E-state index in [0.717, 1.165) is 31.5 Å². The van der Waals surface area contributed by atoms with Gasteiger partial charge in [0.15, 0.2) is 0 Å². The van der Waals surface area contributed by atoms with Crippen molar-refractivity contribution in [2.24, 2.45) is 5.92 Å². The smallest absolute Gasteiger partial charge is 0.254 e. The van der Waals surface area contributed by atoms with Gasteiger partial charge in [0.05, 0.1) is 13.0 Å². The average molecular weight is 355 g/mol. The third-order valence-corrected chi connectivity index (χ3v) is 5.04. The molecule has 1 fully saturated rings. The molecule has 1 amide bonds. The van der Waals surface area contributed by atoms with Gasteiger partial charge in [-0.3, -0.25) is 9.59 Å². The van der Waals surface area contributed by atoms with Crippen LogP contribution in [0.1, 0.15) is 34.6 Å². The molecule has 1 atom stereocenters. The van der Waals surface area contributed by atoms with Gasteiger partial charge in [0, 0.05) is 24.3 Å². The molecule has 6 nitrogen and oxygen atoms in total. The van der Waals surface area contributed by atoms with Gasteiger partial charge in [-0.25, -0.2) is 4.98 Å². The Bertz CT molecular complexity index is 842. The van der Waals surface area contributed by atoms with Gasteiger partial charge in [0.2, 0.25) is 5.91 Å². The third-order valence-electron chi connectivity index (χ3n) is 5.04. The lowest BCUT2D eigenvalue weighted by Gasteiger charge is -2.17. The van der Waals surface area contributed by atoms with E-state index in [1.807, 2.05) is 29.2 Å². The summed E-state index contributed by atoms with van der Waals surface area (Å²) in [7, 11) is 0. The quantitative estimate of drug-likeness (QED) is 0.851. The molecule has 0 bridgehead atoms. The lowest BCUT2D eigenvalue weighted by molar-refractivity contribution is -0.129. The van der Waals surface area contributed by atoms with Crippen LogP contribution < -0.4 is 5.56 Å². The number of carbonyl (C=O) groups is 1. The lowest BCUT2D eigenvalue weighted by Crippen LogP contribution is -2.32. The minimum atomic E-state index is -0.219. The number of amides is 1. The maximum absolute atomic E-state index is 12.6. The molecule has 1 unspecified atom stereocenters. The minimum absolute atomic E-state index is 0.0117. The Morgan fingerprint density at radius 3 is 2.62 bits per heavy atom. The monoisotopic (exact) mass is 355 g/mol. The van der Waals surface area contributed by atoms with Gasteiger partial charge < -0.3 is 15.0 Å². The fourth-order valence-electron chi connectivity index (χ4n) is 3.56. The molecule has 0 spiro atoms. The molecule has 2 N–H and O–H groups in total. The van der Waals surface area contributed by atoms with Crippen LogP contribution in [0.5, 0.6) is 0 Å². The van der Waals surface area contributed by atoms with E-state index in [9.17, 15) is 9.59 Å². The Morgan fingerprint density at radius 1 is 1.27 bits per heavy atom. The van der Waals surface area contributed by atoms with Crippen molar-refractivity contribution in [1.82, 2.24) is 14.9 Å². The van der Waals surface area contributed by atoms with Crippen molar-refractivity contribution >= 4 is 5.91 Å². The molecule has 26 heavy (non-hydrogen) atoms. The number of nitrogens with one attached hydrogen (secondary N) is 1. The van der Waals surface area contributed by atoms with Crippen LogP contribution in [-0.4, -0.2) is 39.0 Å². The number of aliphatic hydroxyl groups excluding tert-OH is 1. The second-order valence-corrected chi connectivity index (χ2v) is 7.07. The summed E-state index contributed by atoms with van der Waals surface area (Å²) in [6.45, 7) is 5.01. The molecule has 6 heteroatoms. The van der Waals surface area contributed by atoms with Crippen molar-refractivity contribution < 1.29 is 9.90 Å². The lowest BCUT2D eigenvalue weighted by atomic mass is 9.98. The van der Waals surface area contributed by atoms with Crippen LogP contribution in [0, 0.1) is 19.8 Å². The van der Waals surface area contributed by atoms with Gasteiger partial charge >= 0.3 is 0 Å². The van der Waals surface area contributed by atoms with Crippen molar-refractivity contribution in [3.63, 3.8) is 0 Å². The van der Waals surface area contributed by atoms with E-state index in [1.165, 1.54) is 5.56 Å². The number of rotatable bonds is 5. The highest BCUT2D eigenvalue weighted by molar-refractivity contribution is 5.79. The fourth-order valence-corrected chi connectivity index (χ4v) is 3.56. The summed E-state index contributed by atoms with van der Waals surface area (Å²) < 4.78 is 0. The Hall–Kier alpha value is -2.47. The molecule has 1 aliphatic heterocycles. The third kappa shape index (κ3) is 4.19. The van der Waals surface area contributed by atoms with E-state index >= 15 is 0 Å². The summed E-state index contributed by atoms with van der Waals surface area (Å²) in [6.07, 6.45) is 1.99. The highest BCUT2D eigenvalue weighted by atomic mass is 16.3. The average Bonchev–Trinajstić information content (AvgIpc) is 3.07. The molecule has 0 radical (unpaired) electrons. The molecule has 138 valence electrons. The zero-order chi connectivity index (χ0) is 18.7. The summed E-state index contributed by atoms with van der Waals surface area (Å²) in [4.78, 5) is 33.5. The zero-order valence-corrected chi connectivity index (χ0v) is 15.3. The summed E-state index contributed by atoms with van der Waals surface area (Å²) in [5, 5.41) is 9.11. The number of aryl methyl sites for hydroxylation is 2. The zero-order valence-electron chi connectivity index (χ0n) is 15.3. The number of aromatic amines is 1. The van der Waals surface area contributed by atoms with Gasteiger partial charge in [0.25, 0.3) is 5.56 Å². The van der Waals surface area contributed by atoms with E-state index in [2.05, 4.69) is 9.97 Å². The number of hydrogen-bond donors (Lipinski definition) is 2. The number of carbonyl (C=O) groups excluding carboxylic acids is 1. The normalized spacial score (nSPS) is 16.9. The number of aromatic nitrogens is 2. The maximum Gasteiger partial charge on any atom is 0.254 e. The number of likely N-dealkylation sites (tertiary alicyclic amines) is 1. The fraction of sp³-hybridized carbons (Fsp3) is 0.450. The van der Waals surface area contributed by atoms with Crippen LogP contribution in [0.3, 0.4) is 0 Å². The first kappa shape index (κ1) is 18.3. The number of nitrogens with zero attached hydrogens (tertiary/aromatic N) is 2. The van der Waals surface area contributed by atoms with Crippen LogP contribution in [0.2, 0.25) is 0 Å². The van der Waals surface area contributed by atoms with Crippen LogP contribution in [0.4, 0.5) is 0 Å². The van der Waals surface area contributed by atoms with E-state index in [0.29, 0.717) is 23.0 Å². The van der Waals surface area contributed by atoms with Crippen LogP contribution >= 0.6 is 0 Å². The van der Waals surface area contributed by atoms with E-state index in [-0.39, 0.29) is 24.5 Å². The Balaban J connectivity index is 1.59. The van der Waals surface area contributed by atoms with Crippen LogP contribution in [0.15, 0.2) is 29.1 Å². The molecular weight excluding hydrogens is 330 g/mol. The van der Waals surface area contributed by atoms with Crippen molar-refractivity contribution in [2.45, 2.75) is 39.7 Å². The van der Waals surface area contributed by atoms with E-state index in [4.69, 9.17) is 5.11 Å². The Kier molecular flexibility index (Phi) is 5.52. The van der Waals surface area contributed by atoms with Gasteiger partial charge in [-0.1, -0.05) is 24.3 Å². The largest absolute Gasteiger partial charge is 0.392 e. The maximum atomic E-state index is 12.6. The summed E-state index contributed by atoms with van der Waals surface area (Å²) in [5.41, 5.74) is 2.99. The second kappa shape index (κ2) is 7.83. The molecule has 1 aromatic heterocycles. The highest BCUT2D eigenvalue weighted by Crippen LogP contribution is 2.22. The molecule has 0 aliphatic carbocycles. The molecule has 1 aromatic carbocycles. The first-order valence-electron chi connectivity index (χ1n) is 8.99. The number of H-pyrrole nitrogens is 1. The van der Waals surface area contributed by atoms with Gasteiger partial charge in [-0.05, 0) is 43.7 Å². The molecule has 2 aromatic rings. The molecule has 1 saturated heterocycles. The van der Waals surface area contributed by atoms with Crippen LogP contribution in [-0.2, 0) is 24.2 Å². The highest BCUT2D eigenvalue weighted by Gasteiger charge is 2.27. The van der Waals surface area contributed by atoms with Crippen molar-refractivity contribution in [3.05, 3.63) is 62.8 Å². The molecule has 3 rings (SSSR count). The number of aliphatic hydroxyl groups is 1. The molecular formula is C20H25N3O3. The predicted octanol–water partition coefficient (Wildman–Crippen LogP) is 1.51. The van der Waals surface area contributed by atoms with Crippen molar-refractivity contribution in [1.29, 1.82) is 0 Å². The Morgan fingerprint density at radius 2 is 1.96 bits per heavy atom. The Labute approximate surface area is 152 Å². The number of hydrogen-bond acceptors (Lipinski definition) is 4. The van der Waals surface area contributed by atoms with Crippen molar-refractivity contribution in [3.8, 4) is 0 Å². The topological polar surface area (TPSA) is 86.3 Å². The van der Waals surface area contributed by atoms with Gasteiger partial charge in [0.1, 0.15) is 5.82 Å². The van der Waals surface area contributed by atoms with Crippen molar-refractivity contribution in [2.75, 3.05) is 13.1 Å². The van der Waals surface area contributed by atoms with E-state index in [1.54, 1.807) is 13.8 Å². The summed E-state index contributed by atoms with van der Waals surface area (Å²) in [5.74, 6) is 0.981. The summed E-state index contributed by atoms with van der Waals surface area (Å²) in [6, 6.07) is 7.95. The standard InChI is InChI=1S/C20H25N3O3/c1-13-18(20(26)22-14(2)21-13)10-19(25)23-8-7-17(11-23)9-15-3-5-16(12-24)6-4-15/h3-6,17,24H,7-12H2,1-2H3,(H,21,22,26). The SMILES string of the molecule is Cc1nc(C)c(CC(=O)N2CCC(Cc3ccc(CO)cc3)C2)c(=O)[nH]1. The summed E-state index contributed by atoms with van der Waals surface area (Å²) >= 11 is 0. The molecule has 2 heterocycles. The second-order valence-electron chi connectivity index (χ2n) is 7.07. The first-order chi connectivity index (χ1) is 12.5. The molecule has 1 aliphatic rings. The van der Waals surface area contributed by atoms with Gasteiger partial charge in [-0.2, -0.15) is 0 Å². The van der Waals surface area contributed by atoms with Gasteiger partial charge in [-0.15, -0.1) is 0 Å². The predicted molar refractivity (Wildman–Crippen MR) is 98.8 cm³/mol.